The van der Waals surface area contributed by atoms with Gasteiger partial charge in [-0.1, -0.05) is 12.1 Å². The molecule has 0 radical (unpaired) electrons. The molecule has 7 nitrogen and oxygen atoms in total. The zero-order chi connectivity index (χ0) is 21.6. The Bertz CT molecular complexity index is 639. The highest BCUT2D eigenvalue weighted by Crippen LogP contribution is 2.23. The summed E-state index contributed by atoms with van der Waals surface area (Å²) in [5.74, 6) is 2.26. The molecule has 0 spiro atoms. The summed E-state index contributed by atoms with van der Waals surface area (Å²) < 4.78 is 16.7. The SMILES string of the molecule is CCNC(=NCc1ccc(C)cc1OCC1CCOC1)NCCCN(C)CCOC.I. The summed E-state index contributed by atoms with van der Waals surface area (Å²) in [6, 6.07) is 6.34. The van der Waals surface area contributed by atoms with Crippen LogP contribution in [0.5, 0.6) is 5.75 Å². The van der Waals surface area contributed by atoms with Crippen molar-refractivity contribution in [3.8, 4) is 5.75 Å². The minimum atomic E-state index is 0. The van der Waals surface area contributed by atoms with Crippen LogP contribution in [0.15, 0.2) is 23.2 Å². The Labute approximate surface area is 205 Å². The van der Waals surface area contributed by atoms with Gasteiger partial charge in [0.15, 0.2) is 5.96 Å². The largest absolute Gasteiger partial charge is 0.493 e. The zero-order valence-electron chi connectivity index (χ0n) is 19.6. The van der Waals surface area contributed by atoms with Crippen LogP contribution in [0.25, 0.3) is 0 Å². The van der Waals surface area contributed by atoms with Crippen molar-refractivity contribution in [3.63, 3.8) is 0 Å². The molecule has 1 heterocycles. The molecule has 1 unspecified atom stereocenters. The summed E-state index contributed by atoms with van der Waals surface area (Å²) in [4.78, 5) is 7.05. The van der Waals surface area contributed by atoms with Crippen LogP contribution in [-0.4, -0.2) is 77.6 Å². The van der Waals surface area contributed by atoms with Gasteiger partial charge in [-0.2, -0.15) is 0 Å². The molecule has 1 aromatic rings. The summed E-state index contributed by atoms with van der Waals surface area (Å²) >= 11 is 0. The van der Waals surface area contributed by atoms with E-state index < -0.39 is 0 Å². The lowest BCUT2D eigenvalue weighted by molar-refractivity contribution is 0.161. The van der Waals surface area contributed by atoms with E-state index in [0.717, 1.165) is 76.1 Å². The first-order valence-corrected chi connectivity index (χ1v) is 11.1. The number of hydrogen-bond acceptors (Lipinski definition) is 5. The Hall–Kier alpha value is -1.10. The molecule has 0 amide bonds. The third-order valence-electron chi connectivity index (χ3n) is 5.16. The Kier molecular flexibility index (Phi) is 14.9. The van der Waals surface area contributed by atoms with Crippen molar-refractivity contribution in [1.29, 1.82) is 0 Å². The molecule has 31 heavy (non-hydrogen) atoms. The van der Waals surface area contributed by atoms with E-state index in [0.29, 0.717) is 19.1 Å². The number of benzene rings is 1. The third kappa shape index (κ3) is 11.4. The number of methoxy groups -OCH3 is 1. The van der Waals surface area contributed by atoms with Gasteiger partial charge in [0, 0.05) is 44.8 Å². The summed E-state index contributed by atoms with van der Waals surface area (Å²) in [5.41, 5.74) is 2.30. The molecular formula is C23H41IN4O3. The topological polar surface area (TPSA) is 67.4 Å². The van der Waals surface area contributed by atoms with Gasteiger partial charge in [0.05, 0.1) is 26.4 Å². The monoisotopic (exact) mass is 548 g/mol. The number of hydrogen-bond donors (Lipinski definition) is 2. The summed E-state index contributed by atoms with van der Waals surface area (Å²) in [6.45, 7) is 11.6. The van der Waals surface area contributed by atoms with Crippen molar-refractivity contribution in [1.82, 2.24) is 15.5 Å². The molecule has 0 aromatic heterocycles. The second-order valence-corrected chi connectivity index (χ2v) is 7.92. The van der Waals surface area contributed by atoms with Crippen LogP contribution in [0.3, 0.4) is 0 Å². The molecule has 178 valence electrons. The van der Waals surface area contributed by atoms with Gasteiger partial charge < -0.3 is 29.7 Å². The van der Waals surface area contributed by atoms with Crippen LogP contribution in [0.2, 0.25) is 0 Å². The van der Waals surface area contributed by atoms with Crippen molar-refractivity contribution in [2.45, 2.75) is 33.2 Å². The van der Waals surface area contributed by atoms with Crippen LogP contribution in [0.4, 0.5) is 0 Å². The number of halogens is 1. The van der Waals surface area contributed by atoms with Crippen LogP contribution in [0, 0.1) is 12.8 Å². The number of likely N-dealkylation sites (N-methyl/N-ethyl adjacent to an activating group) is 1. The highest BCUT2D eigenvalue weighted by Gasteiger charge is 2.17. The van der Waals surface area contributed by atoms with Crippen LogP contribution >= 0.6 is 24.0 Å². The standard InChI is InChI=1S/C23H40N4O3.HI/c1-5-24-23(25-10-6-11-27(3)12-14-28-4)26-16-21-8-7-19(2)15-22(21)30-18-20-9-13-29-17-20;/h7-8,15,20H,5-6,9-14,16-18H2,1-4H3,(H2,24,25,26);1H. The van der Waals surface area contributed by atoms with Crippen LogP contribution in [0.1, 0.15) is 30.9 Å². The average molecular weight is 549 g/mol. The van der Waals surface area contributed by atoms with Gasteiger partial charge in [0.2, 0.25) is 0 Å². The van der Waals surface area contributed by atoms with Gasteiger partial charge >= 0.3 is 0 Å². The normalized spacial score (nSPS) is 16.3. The molecule has 1 aromatic carbocycles. The maximum atomic E-state index is 6.15. The van der Waals surface area contributed by atoms with Crippen molar-refractivity contribution in [2.24, 2.45) is 10.9 Å². The lowest BCUT2D eigenvalue weighted by atomic mass is 10.1. The van der Waals surface area contributed by atoms with Gasteiger partial charge in [-0.15, -0.1) is 24.0 Å². The van der Waals surface area contributed by atoms with E-state index in [-0.39, 0.29) is 24.0 Å². The Morgan fingerprint density at radius 2 is 2.13 bits per heavy atom. The number of ether oxygens (including phenoxy) is 3. The first-order valence-electron chi connectivity index (χ1n) is 11.1. The lowest BCUT2D eigenvalue weighted by Crippen LogP contribution is -2.38. The van der Waals surface area contributed by atoms with E-state index in [9.17, 15) is 0 Å². The fourth-order valence-electron chi connectivity index (χ4n) is 3.27. The molecule has 1 saturated heterocycles. The van der Waals surface area contributed by atoms with Gasteiger partial charge in [0.25, 0.3) is 0 Å². The summed E-state index contributed by atoms with van der Waals surface area (Å²) in [5, 5.41) is 6.76. The predicted octanol–water partition coefficient (Wildman–Crippen LogP) is 3.05. The third-order valence-corrected chi connectivity index (χ3v) is 5.16. The first kappa shape index (κ1) is 27.9. The van der Waals surface area contributed by atoms with Crippen molar-refractivity contribution in [3.05, 3.63) is 29.3 Å². The van der Waals surface area contributed by atoms with Crippen molar-refractivity contribution in [2.75, 3.05) is 66.8 Å². The number of nitrogens with one attached hydrogen (secondary N) is 2. The van der Waals surface area contributed by atoms with E-state index in [1.54, 1.807) is 7.11 Å². The van der Waals surface area contributed by atoms with Crippen molar-refractivity contribution < 1.29 is 14.2 Å². The second-order valence-electron chi connectivity index (χ2n) is 7.92. The maximum Gasteiger partial charge on any atom is 0.191 e. The highest BCUT2D eigenvalue weighted by molar-refractivity contribution is 14.0. The summed E-state index contributed by atoms with van der Waals surface area (Å²) in [7, 11) is 3.86. The zero-order valence-corrected chi connectivity index (χ0v) is 21.9. The smallest absolute Gasteiger partial charge is 0.191 e. The van der Waals surface area contributed by atoms with Crippen molar-refractivity contribution >= 4 is 29.9 Å². The molecule has 0 saturated carbocycles. The van der Waals surface area contributed by atoms with Gasteiger partial charge in [0.1, 0.15) is 5.75 Å². The number of aliphatic imine (C=N–C) groups is 1. The van der Waals surface area contributed by atoms with Gasteiger partial charge in [-0.05, 0) is 51.9 Å². The highest BCUT2D eigenvalue weighted by atomic mass is 127. The predicted molar refractivity (Wildman–Crippen MR) is 138 cm³/mol. The minimum absolute atomic E-state index is 0. The summed E-state index contributed by atoms with van der Waals surface area (Å²) in [6.07, 6.45) is 2.13. The molecule has 1 aliphatic heterocycles. The Morgan fingerprint density at radius 3 is 2.84 bits per heavy atom. The second kappa shape index (κ2) is 16.5. The fraction of sp³-hybridized carbons (Fsp3) is 0.696. The fourth-order valence-corrected chi connectivity index (χ4v) is 3.27. The Balaban J connectivity index is 0.00000480. The van der Waals surface area contributed by atoms with Gasteiger partial charge in [-0.25, -0.2) is 4.99 Å². The maximum absolute atomic E-state index is 6.15. The number of aryl methyl sites for hydroxylation is 1. The van der Waals surface area contributed by atoms with E-state index in [4.69, 9.17) is 19.2 Å². The minimum Gasteiger partial charge on any atom is -0.493 e. The van der Waals surface area contributed by atoms with Crippen LogP contribution < -0.4 is 15.4 Å². The molecule has 1 fully saturated rings. The Morgan fingerprint density at radius 1 is 1.29 bits per heavy atom. The number of guanidine groups is 1. The molecule has 2 N–H and O–H groups in total. The molecule has 8 heteroatoms. The molecule has 1 aliphatic rings. The lowest BCUT2D eigenvalue weighted by Gasteiger charge is -2.17. The molecular weight excluding hydrogens is 507 g/mol. The molecule has 0 bridgehead atoms. The van der Waals surface area contributed by atoms with E-state index in [1.165, 1.54) is 5.56 Å². The molecule has 0 aliphatic carbocycles. The van der Waals surface area contributed by atoms with E-state index in [1.807, 2.05) is 0 Å². The number of nitrogens with zero attached hydrogens (tertiary/aromatic N) is 2. The number of rotatable bonds is 13. The molecule has 1 atom stereocenters. The molecule has 2 rings (SSSR count). The van der Waals surface area contributed by atoms with E-state index in [2.05, 4.69) is 54.6 Å². The van der Waals surface area contributed by atoms with Gasteiger partial charge in [-0.3, -0.25) is 0 Å². The average Bonchev–Trinajstić information content (AvgIpc) is 3.26. The van der Waals surface area contributed by atoms with E-state index >= 15 is 0 Å². The quantitative estimate of drug-likeness (QED) is 0.171. The first-order chi connectivity index (χ1) is 14.6. The van der Waals surface area contributed by atoms with Crippen LogP contribution in [-0.2, 0) is 16.0 Å².